The second-order valence-corrected chi connectivity index (χ2v) is 7.12. The fraction of sp³-hybridized carbons (Fsp3) is 0.100. The van der Waals surface area contributed by atoms with Gasteiger partial charge >= 0.3 is 0 Å². The first kappa shape index (κ1) is 19.2. The van der Waals surface area contributed by atoms with Crippen molar-refractivity contribution in [2.75, 3.05) is 4.90 Å². The number of benzene rings is 1. The molecule has 2 aromatic heterocycles. The molecule has 0 unspecified atom stereocenters. The number of carbonyl (C=O) groups excluding carboxylic acids is 2. The van der Waals surface area contributed by atoms with Crippen molar-refractivity contribution in [3.63, 3.8) is 0 Å². The van der Waals surface area contributed by atoms with Gasteiger partial charge in [-0.15, -0.1) is 0 Å². The highest BCUT2D eigenvalue weighted by atomic mass is 35.5. The van der Waals surface area contributed by atoms with Crippen LogP contribution in [0.1, 0.15) is 27.9 Å². The van der Waals surface area contributed by atoms with E-state index in [4.69, 9.17) is 27.6 Å². The van der Waals surface area contributed by atoms with Crippen LogP contribution in [0.3, 0.4) is 0 Å². The normalized spacial score (nSPS) is 16.6. The number of hydrogen-bond acceptors (Lipinski definition) is 6. The second kappa shape index (κ2) is 7.35. The lowest BCUT2D eigenvalue weighted by Gasteiger charge is -2.24. The van der Waals surface area contributed by atoms with Crippen LogP contribution in [0.25, 0.3) is 0 Å². The van der Waals surface area contributed by atoms with E-state index < -0.39 is 23.5 Å². The number of aromatic nitrogens is 2. The summed E-state index contributed by atoms with van der Waals surface area (Å²) in [5.41, 5.74) is 0.297. The number of aryl methyl sites for hydroxylation is 1. The average molecular weight is 430 g/mol. The minimum atomic E-state index is -1.02. The Balaban J connectivity index is 1.90. The van der Waals surface area contributed by atoms with Gasteiger partial charge < -0.3 is 9.52 Å². The zero-order valence-corrected chi connectivity index (χ0v) is 16.5. The van der Waals surface area contributed by atoms with Crippen LogP contribution in [0.5, 0.6) is 0 Å². The van der Waals surface area contributed by atoms with Gasteiger partial charge in [0.1, 0.15) is 5.76 Å². The van der Waals surface area contributed by atoms with E-state index in [0.717, 1.165) is 4.90 Å². The summed E-state index contributed by atoms with van der Waals surface area (Å²) >= 11 is 12.2. The van der Waals surface area contributed by atoms with E-state index in [2.05, 4.69) is 9.97 Å². The number of nitrogens with zero attached hydrogens (tertiary/aromatic N) is 3. The molecule has 0 radical (unpaired) electrons. The second-order valence-electron chi connectivity index (χ2n) is 6.30. The van der Waals surface area contributed by atoms with Gasteiger partial charge in [-0.3, -0.25) is 14.5 Å². The van der Waals surface area contributed by atoms with Gasteiger partial charge in [0.25, 0.3) is 5.91 Å². The molecule has 3 aromatic rings. The van der Waals surface area contributed by atoms with Gasteiger partial charge in [0.15, 0.2) is 11.5 Å². The monoisotopic (exact) mass is 429 g/mol. The number of anilines is 1. The molecule has 0 saturated carbocycles. The maximum atomic E-state index is 13.1. The molecule has 3 heterocycles. The Morgan fingerprint density at radius 2 is 1.86 bits per heavy atom. The summed E-state index contributed by atoms with van der Waals surface area (Å²) in [6.45, 7) is 1.69. The van der Waals surface area contributed by atoms with Gasteiger partial charge in [0.2, 0.25) is 11.7 Å². The van der Waals surface area contributed by atoms with E-state index in [1.807, 2.05) is 0 Å². The number of ketones is 1. The molecular formula is C20H13Cl2N3O4. The number of halogens is 2. The lowest BCUT2D eigenvalue weighted by atomic mass is 9.95. The number of furan rings is 1. The molecule has 9 heteroatoms. The first-order valence-corrected chi connectivity index (χ1v) is 9.24. The Kier molecular flexibility index (Phi) is 4.86. The standard InChI is InChI=1S/C20H13Cl2N3O4/c1-10-3-6-14(29-10)17(26)15-16(11-4-5-12(21)13(22)9-11)25(19(28)18(15)27)20-23-7-2-8-24-20/h2-9,16,27H,1H3/t16-/m0/s1. The number of carbonyl (C=O) groups is 2. The smallest absolute Gasteiger partial charge is 0.296 e. The first-order chi connectivity index (χ1) is 13.9. The minimum Gasteiger partial charge on any atom is -0.503 e. The number of amides is 1. The van der Waals surface area contributed by atoms with Crippen LogP contribution in [0.2, 0.25) is 10.0 Å². The van der Waals surface area contributed by atoms with Crippen LogP contribution in [0.4, 0.5) is 5.95 Å². The predicted molar refractivity (Wildman–Crippen MR) is 106 cm³/mol. The summed E-state index contributed by atoms with van der Waals surface area (Å²) < 4.78 is 5.41. The largest absolute Gasteiger partial charge is 0.503 e. The molecule has 0 bridgehead atoms. The summed E-state index contributed by atoms with van der Waals surface area (Å²) in [7, 11) is 0. The van der Waals surface area contributed by atoms with Gasteiger partial charge in [0.05, 0.1) is 21.7 Å². The molecule has 0 aliphatic carbocycles. The van der Waals surface area contributed by atoms with Crippen molar-refractivity contribution < 1.29 is 19.1 Å². The number of aliphatic hydroxyl groups is 1. The van der Waals surface area contributed by atoms with Gasteiger partial charge in [-0.05, 0) is 42.8 Å². The van der Waals surface area contributed by atoms with E-state index in [1.165, 1.54) is 24.5 Å². The van der Waals surface area contributed by atoms with Crippen LogP contribution in [-0.2, 0) is 4.79 Å². The van der Waals surface area contributed by atoms with E-state index >= 15 is 0 Å². The molecule has 1 aliphatic heterocycles. The molecule has 1 atom stereocenters. The zero-order valence-electron chi connectivity index (χ0n) is 15.0. The Morgan fingerprint density at radius 3 is 2.48 bits per heavy atom. The summed E-state index contributed by atoms with van der Waals surface area (Å²) in [5, 5.41) is 11.1. The highest BCUT2D eigenvalue weighted by Gasteiger charge is 2.46. The predicted octanol–water partition coefficient (Wildman–Crippen LogP) is 4.47. The highest BCUT2D eigenvalue weighted by Crippen LogP contribution is 2.42. The third-order valence-electron chi connectivity index (χ3n) is 4.44. The maximum Gasteiger partial charge on any atom is 0.296 e. The lowest BCUT2D eigenvalue weighted by Crippen LogP contribution is -2.32. The van der Waals surface area contributed by atoms with Crippen molar-refractivity contribution in [2.45, 2.75) is 13.0 Å². The Bertz CT molecular complexity index is 1160. The van der Waals surface area contributed by atoms with Gasteiger partial charge in [-0.2, -0.15) is 0 Å². The number of aliphatic hydroxyl groups excluding tert-OH is 1. The van der Waals surface area contributed by atoms with Crippen molar-refractivity contribution in [3.05, 3.63) is 87.3 Å². The van der Waals surface area contributed by atoms with Crippen molar-refractivity contribution in [1.29, 1.82) is 0 Å². The van der Waals surface area contributed by atoms with Gasteiger partial charge in [0, 0.05) is 12.4 Å². The Hall–Kier alpha value is -3.16. The average Bonchev–Trinajstić information content (AvgIpc) is 3.26. The molecule has 0 saturated heterocycles. The molecule has 1 N–H and O–H groups in total. The van der Waals surface area contributed by atoms with E-state index in [1.54, 1.807) is 31.2 Å². The third-order valence-corrected chi connectivity index (χ3v) is 5.18. The van der Waals surface area contributed by atoms with Crippen molar-refractivity contribution in [3.8, 4) is 0 Å². The van der Waals surface area contributed by atoms with Crippen LogP contribution < -0.4 is 4.90 Å². The molecule has 1 amide bonds. The summed E-state index contributed by atoms with van der Waals surface area (Å²) in [6, 6.07) is 8.35. The van der Waals surface area contributed by atoms with Gasteiger partial charge in [-0.25, -0.2) is 9.97 Å². The van der Waals surface area contributed by atoms with Gasteiger partial charge in [-0.1, -0.05) is 29.3 Å². The van der Waals surface area contributed by atoms with Crippen LogP contribution in [-0.4, -0.2) is 26.8 Å². The molecule has 1 aromatic carbocycles. The van der Waals surface area contributed by atoms with E-state index in [9.17, 15) is 14.7 Å². The molecule has 7 nitrogen and oxygen atoms in total. The lowest BCUT2D eigenvalue weighted by molar-refractivity contribution is -0.117. The highest BCUT2D eigenvalue weighted by molar-refractivity contribution is 6.42. The van der Waals surface area contributed by atoms with E-state index in [0.29, 0.717) is 16.3 Å². The van der Waals surface area contributed by atoms with E-state index in [-0.39, 0.29) is 22.3 Å². The fourth-order valence-corrected chi connectivity index (χ4v) is 3.45. The summed E-state index contributed by atoms with van der Waals surface area (Å²) in [6.07, 6.45) is 2.91. The molecule has 29 heavy (non-hydrogen) atoms. The number of hydrogen-bond donors (Lipinski definition) is 1. The first-order valence-electron chi connectivity index (χ1n) is 8.48. The molecule has 1 aliphatic rings. The molecule has 4 rings (SSSR count). The number of rotatable bonds is 4. The summed E-state index contributed by atoms with van der Waals surface area (Å²) in [4.78, 5) is 35.4. The Labute approximate surface area is 175 Å². The number of Topliss-reactive ketones (excluding diaryl/α,β-unsaturated/α-hetero) is 1. The van der Waals surface area contributed by atoms with Crippen molar-refractivity contribution in [1.82, 2.24) is 9.97 Å². The molecular weight excluding hydrogens is 417 g/mol. The molecule has 0 spiro atoms. The van der Waals surface area contributed by atoms with Crippen LogP contribution in [0, 0.1) is 6.92 Å². The van der Waals surface area contributed by atoms with Crippen molar-refractivity contribution in [2.24, 2.45) is 0 Å². The van der Waals surface area contributed by atoms with Crippen molar-refractivity contribution >= 4 is 40.8 Å². The maximum absolute atomic E-state index is 13.1. The minimum absolute atomic E-state index is 0.00209. The quantitative estimate of drug-likeness (QED) is 0.614. The fourth-order valence-electron chi connectivity index (χ4n) is 3.15. The zero-order chi connectivity index (χ0) is 20.7. The van der Waals surface area contributed by atoms with Crippen LogP contribution >= 0.6 is 23.2 Å². The summed E-state index contributed by atoms with van der Waals surface area (Å²) in [5.74, 6) is -1.59. The topological polar surface area (TPSA) is 96.5 Å². The molecule has 0 fully saturated rings. The molecule has 146 valence electrons. The SMILES string of the molecule is Cc1ccc(C(=O)C2=C(O)C(=O)N(c3ncccn3)[C@H]2c2ccc(Cl)c(Cl)c2)o1. The third kappa shape index (κ3) is 3.28. The van der Waals surface area contributed by atoms with Crippen LogP contribution in [0.15, 0.2) is 64.5 Å². The Morgan fingerprint density at radius 1 is 1.14 bits per heavy atom.